The lowest BCUT2D eigenvalue weighted by atomic mass is 9.91. The zero-order valence-corrected chi connectivity index (χ0v) is 20.7. The van der Waals surface area contributed by atoms with Crippen LogP contribution in [-0.4, -0.2) is 43.0 Å². The topological polar surface area (TPSA) is 35.6 Å². The van der Waals surface area contributed by atoms with Gasteiger partial charge in [-0.3, -0.25) is 4.79 Å². The smallest absolute Gasteiger partial charge is 0.222 e. The molecule has 2 fully saturated rings. The van der Waals surface area contributed by atoms with Gasteiger partial charge in [0.05, 0.1) is 0 Å². The summed E-state index contributed by atoms with van der Waals surface area (Å²) in [6.45, 7) is 6.11. The number of anilines is 2. The molecule has 5 heteroatoms. The number of amides is 1. The number of nitrogens with one attached hydrogen (secondary N) is 1. The highest BCUT2D eigenvalue weighted by Gasteiger charge is 2.24. The number of nitrogens with zero attached hydrogens (tertiary/aromatic N) is 2. The van der Waals surface area contributed by atoms with Gasteiger partial charge in [0.2, 0.25) is 5.91 Å². The Balaban J connectivity index is 1.15. The normalized spacial score (nSPS) is 19.5. The van der Waals surface area contributed by atoms with Gasteiger partial charge in [-0.2, -0.15) is 0 Å². The van der Waals surface area contributed by atoms with Gasteiger partial charge < -0.3 is 15.1 Å². The molecular weight excluding hydrogens is 430 g/mol. The molecular formula is C28H38ClN3O. The van der Waals surface area contributed by atoms with Crippen molar-refractivity contribution >= 4 is 28.9 Å². The Morgan fingerprint density at radius 2 is 1.73 bits per heavy atom. The van der Waals surface area contributed by atoms with Gasteiger partial charge in [0.15, 0.2) is 0 Å². The summed E-state index contributed by atoms with van der Waals surface area (Å²) in [6.07, 6.45) is 8.57. The summed E-state index contributed by atoms with van der Waals surface area (Å²) in [5.41, 5.74) is 3.79. The largest absolute Gasteiger partial charge is 0.381 e. The maximum Gasteiger partial charge on any atom is 0.222 e. The third-order valence-electron chi connectivity index (χ3n) is 7.32. The van der Waals surface area contributed by atoms with E-state index >= 15 is 0 Å². The first-order valence-corrected chi connectivity index (χ1v) is 13.1. The monoisotopic (exact) mass is 467 g/mol. The minimum absolute atomic E-state index is 0.335. The molecule has 1 N–H and O–H groups in total. The van der Waals surface area contributed by atoms with Gasteiger partial charge in [0.1, 0.15) is 0 Å². The van der Waals surface area contributed by atoms with Gasteiger partial charge in [0.25, 0.3) is 0 Å². The zero-order chi connectivity index (χ0) is 23.0. The van der Waals surface area contributed by atoms with E-state index in [1.165, 1.54) is 30.5 Å². The second-order valence-electron chi connectivity index (χ2n) is 9.67. The third-order valence-corrected chi connectivity index (χ3v) is 7.57. The SMILES string of the molecule is CCc1ccc(N[C@H]2CCCN(C(=O)CCCC3CCN(c4ccc(Cl)cc4)CC3)C2)cc1. The molecule has 4 nitrogen and oxygen atoms in total. The van der Waals surface area contributed by atoms with Crippen LogP contribution in [0.1, 0.15) is 57.4 Å². The van der Waals surface area contributed by atoms with Gasteiger partial charge in [-0.15, -0.1) is 0 Å². The fraction of sp³-hybridized carbons (Fsp3) is 0.536. The Bertz CT molecular complexity index is 875. The number of hydrogen-bond acceptors (Lipinski definition) is 3. The van der Waals surface area contributed by atoms with Crippen molar-refractivity contribution in [3.05, 3.63) is 59.1 Å². The molecule has 0 radical (unpaired) electrons. The molecule has 0 unspecified atom stereocenters. The molecule has 2 heterocycles. The number of piperidine rings is 2. The van der Waals surface area contributed by atoms with Crippen LogP contribution in [0.4, 0.5) is 11.4 Å². The number of likely N-dealkylation sites (tertiary alicyclic amines) is 1. The van der Waals surface area contributed by atoms with E-state index in [9.17, 15) is 4.79 Å². The molecule has 4 rings (SSSR count). The lowest BCUT2D eigenvalue weighted by Crippen LogP contribution is -2.45. The summed E-state index contributed by atoms with van der Waals surface area (Å²) in [7, 11) is 0. The lowest BCUT2D eigenvalue weighted by Gasteiger charge is -2.35. The Morgan fingerprint density at radius 3 is 2.42 bits per heavy atom. The van der Waals surface area contributed by atoms with Gasteiger partial charge in [0, 0.05) is 55.0 Å². The molecule has 0 spiro atoms. The van der Waals surface area contributed by atoms with Crippen molar-refractivity contribution in [3.8, 4) is 0 Å². The first-order chi connectivity index (χ1) is 16.1. The minimum Gasteiger partial charge on any atom is -0.381 e. The Kier molecular flexibility index (Phi) is 8.55. The van der Waals surface area contributed by atoms with Crippen molar-refractivity contribution in [1.82, 2.24) is 4.90 Å². The quantitative estimate of drug-likeness (QED) is 0.488. The van der Waals surface area contributed by atoms with E-state index in [-0.39, 0.29) is 0 Å². The number of carbonyl (C=O) groups is 1. The Labute approximate surface area is 204 Å². The van der Waals surface area contributed by atoms with Crippen molar-refractivity contribution in [3.63, 3.8) is 0 Å². The van der Waals surface area contributed by atoms with Crippen molar-refractivity contribution in [2.45, 2.75) is 64.3 Å². The standard InChI is InChI=1S/C28H38ClN3O/c1-2-22-8-12-25(13-9-22)30-26-6-4-18-32(21-26)28(33)7-3-5-23-16-19-31(20-17-23)27-14-10-24(29)11-15-27/h8-15,23,26,30H,2-7,16-21H2,1H3/t26-/m0/s1. The second kappa shape index (κ2) is 11.8. The summed E-state index contributed by atoms with van der Waals surface area (Å²) in [5, 5.41) is 4.43. The summed E-state index contributed by atoms with van der Waals surface area (Å²) < 4.78 is 0. The van der Waals surface area contributed by atoms with Gasteiger partial charge in [-0.25, -0.2) is 0 Å². The van der Waals surface area contributed by atoms with E-state index in [1.807, 2.05) is 12.1 Å². The molecule has 0 bridgehead atoms. The molecule has 2 saturated heterocycles. The third kappa shape index (κ3) is 6.89. The van der Waals surface area contributed by atoms with Crippen LogP contribution in [0.3, 0.4) is 0 Å². The summed E-state index contributed by atoms with van der Waals surface area (Å²) in [4.78, 5) is 17.4. The van der Waals surface area contributed by atoms with Crippen LogP contribution in [0.25, 0.3) is 0 Å². The number of halogens is 1. The van der Waals surface area contributed by atoms with Crippen LogP contribution in [0, 0.1) is 5.92 Å². The minimum atomic E-state index is 0.335. The summed E-state index contributed by atoms with van der Waals surface area (Å²) in [5.74, 6) is 1.07. The molecule has 1 atom stereocenters. The average Bonchev–Trinajstić information content (AvgIpc) is 2.85. The Hall–Kier alpha value is -2.20. The summed E-state index contributed by atoms with van der Waals surface area (Å²) >= 11 is 6.01. The number of carbonyl (C=O) groups excluding carboxylic acids is 1. The molecule has 2 aromatic rings. The molecule has 33 heavy (non-hydrogen) atoms. The predicted octanol–water partition coefficient (Wildman–Crippen LogP) is 6.39. The van der Waals surface area contributed by atoms with E-state index in [4.69, 9.17) is 11.6 Å². The highest BCUT2D eigenvalue weighted by molar-refractivity contribution is 6.30. The molecule has 1 amide bonds. The molecule has 0 saturated carbocycles. The predicted molar refractivity (Wildman–Crippen MR) is 139 cm³/mol. The van der Waals surface area contributed by atoms with E-state index < -0.39 is 0 Å². The van der Waals surface area contributed by atoms with Crippen LogP contribution >= 0.6 is 11.6 Å². The maximum atomic E-state index is 12.9. The van der Waals surface area contributed by atoms with E-state index in [2.05, 4.69) is 58.4 Å². The van der Waals surface area contributed by atoms with E-state index in [1.54, 1.807) is 0 Å². The molecule has 2 aliphatic heterocycles. The van der Waals surface area contributed by atoms with Crippen molar-refractivity contribution in [2.75, 3.05) is 36.4 Å². The van der Waals surface area contributed by atoms with Crippen LogP contribution < -0.4 is 10.2 Å². The molecule has 178 valence electrons. The first kappa shape index (κ1) is 23.9. The van der Waals surface area contributed by atoms with Gasteiger partial charge >= 0.3 is 0 Å². The highest BCUT2D eigenvalue weighted by atomic mass is 35.5. The van der Waals surface area contributed by atoms with Gasteiger partial charge in [-0.05, 0) is 92.8 Å². The molecule has 2 aromatic carbocycles. The number of aryl methyl sites for hydroxylation is 1. The molecule has 0 aliphatic carbocycles. The van der Waals surface area contributed by atoms with Crippen LogP contribution in [0.2, 0.25) is 5.02 Å². The van der Waals surface area contributed by atoms with E-state index in [0.29, 0.717) is 18.4 Å². The van der Waals surface area contributed by atoms with Crippen LogP contribution in [0.5, 0.6) is 0 Å². The van der Waals surface area contributed by atoms with Crippen LogP contribution in [0.15, 0.2) is 48.5 Å². The highest BCUT2D eigenvalue weighted by Crippen LogP contribution is 2.27. The van der Waals surface area contributed by atoms with Crippen LogP contribution in [-0.2, 0) is 11.2 Å². The second-order valence-corrected chi connectivity index (χ2v) is 10.1. The number of benzene rings is 2. The van der Waals surface area contributed by atoms with E-state index in [0.717, 1.165) is 68.5 Å². The fourth-order valence-corrected chi connectivity index (χ4v) is 5.35. The number of hydrogen-bond donors (Lipinski definition) is 1. The first-order valence-electron chi connectivity index (χ1n) is 12.7. The molecule has 2 aliphatic rings. The zero-order valence-electron chi connectivity index (χ0n) is 19.9. The maximum absolute atomic E-state index is 12.9. The fourth-order valence-electron chi connectivity index (χ4n) is 5.23. The van der Waals surface area contributed by atoms with Crippen molar-refractivity contribution in [2.24, 2.45) is 5.92 Å². The van der Waals surface area contributed by atoms with Crippen molar-refractivity contribution < 1.29 is 4.79 Å². The average molecular weight is 468 g/mol. The lowest BCUT2D eigenvalue weighted by molar-refractivity contribution is -0.132. The number of rotatable bonds is 8. The summed E-state index contributed by atoms with van der Waals surface area (Å²) in [6, 6.07) is 17.2. The van der Waals surface area contributed by atoms with Gasteiger partial charge in [-0.1, -0.05) is 30.7 Å². The molecule has 0 aromatic heterocycles. The Morgan fingerprint density at radius 1 is 1.00 bits per heavy atom. The van der Waals surface area contributed by atoms with Crippen molar-refractivity contribution in [1.29, 1.82) is 0 Å².